The van der Waals surface area contributed by atoms with E-state index in [4.69, 9.17) is 15.0 Å². The third-order valence-corrected chi connectivity index (χ3v) is 7.41. The van der Waals surface area contributed by atoms with Crippen molar-refractivity contribution in [1.29, 1.82) is 0 Å². The number of rotatable bonds is 9. The largest absolute Gasteiger partial charge is 0.338 e. The van der Waals surface area contributed by atoms with Crippen LogP contribution in [-0.2, 0) is 11.2 Å². The van der Waals surface area contributed by atoms with Gasteiger partial charge in [0.1, 0.15) is 11.6 Å². The van der Waals surface area contributed by atoms with Crippen LogP contribution in [0.15, 0.2) is 51.0 Å². The van der Waals surface area contributed by atoms with Gasteiger partial charge in [0.05, 0.1) is 6.54 Å². The zero-order valence-electron chi connectivity index (χ0n) is 20.5. The minimum absolute atomic E-state index is 0.297. The number of amidine groups is 1. The molecule has 9 heteroatoms. The van der Waals surface area contributed by atoms with Gasteiger partial charge in [-0.25, -0.2) is 0 Å². The van der Waals surface area contributed by atoms with Crippen molar-refractivity contribution in [3.05, 3.63) is 41.5 Å². The lowest BCUT2D eigenvalue weighted by Gasteiger charge is -2.32. The van der Waals surface area contributed by atoms with E-state index >= 15 is 0 Å². The fourth-order valence-electron chi connectivity index (χ4n) is 4.26. The number of piperazine rings is 1. The lowest BCUT2D eigenvalue weighted by molar-refractivity contribution is -0.119. The van der Waals surface area contributed by atoms with Gasteiger partial charge in [-0.1, -0.05) is 25.5 Å². The number of Topliss-reactive ketones (excluding diaryl/α,β-unsaturated/α-hetero) is 1. The molecule has 2 aromatic rings. The molecule has 184 valence electrons. The number of carbonyl (C=O) groups is 1. The molecule has 1 saturated heterocycles. The summed E-state index contributed by atoms with van der Waals surface area (Å²) in [4.78, 5) is 36.6. The first-order valence-electron chi connectivity index (χ1n) is 12.6. The summed E-state index contributed by atoms with van der Waals surface area (Å²) in [6.07, 6.45) is 6.92. The standard InChI is InChI=1S/C26H33N7OS/c1-3-4-19-16-23(27-17-19)28-24-29-25(33-13-11-32(2)12-14-33)31-26(30-24)35-21-9-5-18(6-10-21)15-22(34)20-7-8-20/h5-6,9-10,16,20H,3-4,7-8,11-15,17H2,1-2H3,(H,27,28,29,30,31). The fourth-order valence-corrected chi connectivity index (χ4v) is 5.00. The van der Waals surface area contributed by atoms with Gasteiger partial charge in [0.2, 0.25) is 11.9 Å². The Morgan fingerprint density at radius 2 is 1.86 bits per heavy atom. The van der Waals surface area contributed by atoms with Crippen LogP contribution in [-0.4, -0.2) is 71.2 Å². The molecule has 3 aliphatic rings. The highest BCUT2D eigenvalue weighted by Gasteiger charge is 2.29. The number of likely N-dealkylation sites (N-methyl/N-ethyl adjacent to an activating group) is 1. The van der Waals surface area contributed by atoms with Crippen molar-refractivity contribution in [2.45, 2.75) is 49.1 Å². The Balaban J connectivity index is 1.33. The molecule has 3 heterocycles. The number of nitrogens with zero attached hydrogens (tertiary/aromatic N) is 6. The third kappa shape index (κ3) is 6.46. The van der Waals surface area contributed by atoms with Crippen LogP contribution < -0.4 is 10.2 Å². The lowest BCUT2D eigenvalue weighted by atomic mass is 10.1. The van der Waals surface area contributed by atoms with Gasteiger partial charge in [-0.05, 0) is 67.4 Å². The molecule has 1 N–H and O–H groups in total. The molecule has 0 radical (unpaired) electrons. The first-order chi connectivity index (χ1) is 17.1. The van der Waals surface area contributed by atoms with Gasteiger partial charge < -0.3 is 15.1 Å². The Bertz CT molecular complexity index is 1120. The highest BCUT2D eigenvalue weighted by Crippen LogP contribution is 2.32. The number of benzene rings is 1. The van der Waals surface area contributed by atoms with E-state index in [1.807, 2.05) is 24.3 Å². The van der Waals surface area contributed by atoms with Gasteiger partial charge in [-0.2, -0.15) is 15.0 Å². The van der Waals surface area contributed by atoms with Crippen LogP contribution in [0.1, 0.15) is 38.2 Å². The maximum Gasteiger partial charge on any atom is 0.234 e. The first-order valence-corrected chi connectivity index (χ1v) is 13.4. The second-order valence-electron chi connectivity index (χ2n) is 9.57. The molecule has 1 aromatic heterocycles. The number of ketones is 1. The van der Waals surface area contributed by atoms with Crippen molar-refractivity contribution in [1.82, 2.24) is 19.9 Å². The van der Waals surface area contributed by atoms with Crippen molar-refractivity contribution in [3.8, 4) is 0 Å². The molecule has 1 saturated carbocycles. The Labute approximate surface area is 211 Å². The molecule has 0 atom stereocenters. The second-order valence-corrected chi connectivity index (χ2v) is 10.6. The van der Waals surface area contributed by atoms with Crippen LogP contribution >= 0.6 is 11.8 Å². The summed E-state index contributed by atoms with van der Waals surface area (Å²) in [5.41, 5.74) is 2.40. The summed E-state index contributed by atoms with van der Waals surface area (Å²) in [6.45, 7) is 6.65. The second kappa shape index (κ2) is 10.9. The SMILES string of the molecule is CCCC1=CC(Nc2nc(Sc3ccc(CC(=O)C4CC4)cc3)nc(N3CCN(C)CC3)n2)=NC1. The Morgan fingerprint density at radius 1 is 1.09 bits per heavy atom. The van der Waals surface area contributed by atoms with Gasteiger partial charge in [0, 0.05) is 43.4 Å². The average Bonchev–Trinajstić information content (AvgIpc) is 3.62. The maximum absolute atomic E-state index is 12.1. The molecule has 5 rings (SSSR count). The van der Waals surface area contributed by atoms with Crippen LogP contribution in [0.25, 0.3) is 0 Å². The van der Waals surface area contributed by atoms with E-state index in [0.29, 0.717) is 35.2 Å². The summed E-state index contributed by atoms with van der Waals surface area (Å²) in [7, 11) is 2.14. The molecule has 8 nitrogen and oxygen atoms in total. The van der Waals surface area contributed by atoms with E-state index in [0.717, 1.165) is 74.7 Å². The average molecular weight is 492 g/mol. The Morgan fingerprint density at radius 3 is 2.57 bits per heavy atom. The summed E-state index contributed by atoms with van der Waals surface area (Å²) in [6, 6.07) is 8.18. The smallest absolute Gasteiger partial charge is 0.234 e. The molecule has 2 fully saturated rings. The molecule has 35 heavy (non-hydrogen) atoms. The summed E-state index contributed by atoms with van der Waals surface area (Å²) in [5, 5.41) is 3.96. The van der Waals surface area contributed by atoms with Crippen LogP contribution in [0.5, 0.6) is 0 Å². The molecular formula is C26H33N7OS. The van der Waals surface area contributed by atoms with Crippen LogP contribution in [0.4, 0.5) is 11.9 Å². The topological polar surface area (TPSA) is 86.6 Å². The zero-order chi connectivity index (χ0) is 24.2. The Kier molecular flexibility index (Phi) is 7.43. The maximum atomic E-state index is 12.1. The molecule has 0 spiro atoms. The van der Waals surface area contributed by atoms with E-state index < -0.39 is 0 Å². The monoisotopic (exact) mass is 491 g/mol. The normalized spacial score (nSPS) is 18.4. The molecule has 0 bridgehead atoms. The molecular weight excluding hydrogens is 458 g/mol. The van der Waals surface area contributed by atoms with Gasteiger partial charge in [0.25, 0.3) is 0 Å². The van der Waals surface area contributed by atoms with Crippen molar-refractivity contribution in [2.24, 2.45) is 10.9 Å². The summed E-state index contributed by atoms with van der Waals surface area (Å²) < 4.78 is 0. The van der Waals surface area contributed by atoms with E-state index in [9.17, 15) is 4.79 Å². The number of carbonyl (C=O) groups excluding carboxylic acids is 1. The van der Waals surface area contributed by atoms with Crippen molar-refractivity contribution < 1.29 is 4.79 Å². The minimum Gasteiger partial charge on any atom is -0.338 e. The molecule has 1 aliphatic carbocycles. The minimum atomic E-state index is 0.297. The van der Waals surface area contributed by atoms with Crippen LogP contribution in [0.3, 0.4) is 0 Å². The summed E-state index contributed by atoms with van der Waals surface area (Å²) in [5.74, 6) is 2.69. The van der Waals surface area contributed by atoms with Crippen molar-refractivity contribution >= 4 is 35.3 Å². The number of aliphatic imine (C=N–C) groups is 1. The van der Waals surface area contributed by atoms with E-state index in [1.54, 1.807) is 0 Å². The predicted molar refractivity (Wildman–Crippen MR) is 140 cm³/mol. The first kappa shape index (κ1) is 23.9. The third-order valence-electron chi connectivity index (χ3n) is 6.54. The quantitative estimate of drug-likeness (QED) is 0.566. The fraction of sp³-hybridized carbons (Fsp3) is 0.500. The molecule has 1 aromatic carbocycles. The van der Waals surface area contributed by atoms with Gasteiger partial charge in [-0.3, -0.25) is 9.79 Å². The predicted octanol–water partition coefficient (Wildman–Crippen LogP) is 3.85. The summed E-state index contributed by atoms with van der Waals surface area (Å²) >= 11 is 1.51. The Hall–Kier alpha value is -2.78. The van der Waals surface area contributed by atoms with Crippen molar-refractivity contribution in [2.75, 3.05) is 50.0 Å². The highest BCUT2D eigenvalue weighted by atomic mass is 32.2. The van der Waals surface area contributed by atoms with Crippen molar-refractivity contribution in [3.63, 3.8) is 0 Å². The number of hydrogen-bond acceptors (Lipinski definition) is 9. The molecule has 0 amide bonds. The number of aromatic nitrogens is 3. The molecule has 0 unspecified atom stereocenters. The highest BCUT2D eigenvalue weighted by molar-refractivity contribution is 7.99. The van der Waals surface area contributed by atoms with E-state index in [1.165, 1.54) is 17.3 Å². The van der Waals surface area contributed by atoms with E-state index in [-0.39, 0.29) is 0 Å². The lowest BCUT2D eigenvalue weighted by Crippen LogP contribution is -2.45. The number of nitrogens with one attached hydrogen (secondary N) is 1. The molecule has 2 aliphatic heterocycles. The van der Waals surface area contributed by atoms with Crippen LogP contribution in [0, 0.1) is 5.92 Å². The van der Waals surface area contributed by atoms with Gasteiger partial charge in [0.15, 0.2) is 5.16 Å². The number of anilines is 2. The van der Waals surface area contributed by atoms with Gasteiger partial charge in [-0.15, -0.1) is 0 Å². The van der Waals surface area contributed by atoms with E-state index in [2.05, 4.69) is 40.2 Å². The van der Waals surface area contributed by atoms with Gasteiger partial charge >= 0.3 is 0 Å². The zero-order valence-corrected chi connectivity index (χ0v) is 21.4. The number of hydrogen-bond donors (Lipinski definition) is 1. The van der Waals surface area contributed by atoms with Crippen LogP contribution in [0.2, 0.25) is 0 Å².